The second-order valence-electron chi connectivity index (χ2n) is 4.10. The lowest BCUT2D eigenvalue weighted by atomic mass is 9.83. The number of ether oxygens (including phenoxy) is 1. The average Bonchev–Trinajstić information content (AvgIpc) is 2.01. The zero-order chi connectivity index (χ0) is 9.52. The van der Waals surface area contributed by atoms with E-state index in [1.807, 2.05) is 0 Å². The fourth-order valence-corrected chi connectivity index (χ4v) is 1.67. The van der Waals surface area contributed by atoms with Gasteiger partial charge in [-0.05, 0) is 18.8 Å². The summed E-state index contributed by atoms with van der Waals surface area (Å²) in [5.74, 6) is 0.920. The van der Waals surface area contributed by atoms with Gasteiger partial charge < -0.3 is 9.84 Å². The van der Waals surface area contributed by atoms with Crippen LogP contribution in [0.15, 0.2) is 0 Å². The van der Waals surface area contributed by atoms with Gasteiger partial charge in [-0.25, -0.2) is 0 Å². The molecule has 0 amide bonds. The van der Waals surface area contributed by atoms with E-state index >= 15 is 0 Å². The predicted molar refractivity (Wildman–Crippen MR) is 53.7 cm³/mol. The summed E-state index contributed by atoms with van der Waals surface area (Å²) < 4.78 is 5.40. The standard InChI is InChI=1S/C11H22O2/c1-2-4-11(12)9-13-8-7-10-5-3-6-10/h10-12H,2-9H2,1H3. The van der Waals surface area contributed by atoms with E-state index in [1.165, 1.54) is 25.7 Å². The molecule has 1 rings (SSSR count). The molecule has 1 unspecified atom stereocenters. The van der Waals surface area contributed by atoms with Crippen molar-refractivity contribution >= 4 is 0 Å². The summed E-state index contributed by atoms with van der Waals surface area (Å²) in [7, 11) is 0. The minimum Gasteiger partial charge on any atom is -0.391 e. The van der Waals surface area contributed by atoms with E-state index in [0.717, 1.165) is 25.4 Å². The molecule has 1 aliphatic rings. The highest BCUT2D eigenvalue weighted by Gasteiger charge is 2.16. The highest BCUT2D eigenvalue weighted by atomic mass is 16.5. The van der Waals surface area contributed by atoms with Crippen LogP contribution in [0.5, 0.6) is 0 Å². The number of aliphatic hydroxyl groups excluding tert-OH is 1. The van der Waals surface area contributed by atoms with Crippen LogP contribution >= 0.6 is 0 Å². The minimum absolute atomic E-state index is 0.244. The van der Waals surface area contributed by atoms with Crippen molar-refractivity contribution in [1.82, 2.24) is 0 Å². The molecule has 13 heavy (non-hydrogen) atoms. The maximum atomic E-state index is 9.36. The van der Waals surface area contributed by atoms with Gasteiger partial charge in [0.2, 0.25) is 0 Å². The molecule has 0 aromatic heterocycles. The maximum Gasteiger partial charge on any atom is 0.0773 e. The molecule has 78 valence electrons. The Hall–Kier alpha value is -0.0800. The molecule has 2 nitrogen and oxygen atoms in total. The third kappa shape index (κ3) is 4.63. The van der Waals surface area contributed by atoms with Crippen molar-refractivity contribution in [2.24, 2.45) is 5.92 Å². The number of hydrogen-bond acceptors (Lipinski definition) is 2. The first kappa shape index (κ1) is 11.0. The minimum atomic E-state index is -0.244. The van der Waals surface area contributed by atoms with Crippen LogP contribution in [-0.2, 0) is 4.74 Å². The topological polar surface area (TPSA) is 29.5 Å². The first-order valence-electron chi connectivity index (χ1n) is 5.58. The summed E-state index contributed by atoms with van der Waals surface area (Å²) in [6.45, 7) is 3.45. The molecule has 1 saturated carbocycles. The molecule has 0 aromatic rings. The molecule has 0 heterocycles. The zero-order valence-corrected chi connectivity index (χ0v) is 8.67. The van der Waals surface area contributed by atoms with Crippen LogP contribution in [-0.4, -0.2) is 24.4 Å². The molecule has 0 aliphatic heterocycles. The number of hydrogen-bond donors (Lipinski definition) is 1. The SMILES string of the molecule is CCCC(O)COCCC1CCC1. The summed E-state index contributed by atoms with van der Waals surface area (Å²) in [5, 5.41) is 9.36. The van der Waals surface area contributed by atoms with Crippen LogP contribution in [0.25, 0.3) is 0 Å². The molecule has 1 N–H and O–H groups in total. The van der Waals surface area contributed by atoms with Crippen molar-refractivity contribution in [1.29, 1.82) is 0 Å². The normalized spacial score (nSPS) is 19.8. The number of aliphatic hydroxyl groups is 1. The van der Waals surface area contributed by atoms with Crippen LogP contribution < -0.4 is 0 Å². The van der Waals surface area contributed by atoms with E-state index in [4.69, 9.17) is 4.74 Å². The lowest BCUT2D eigenvalue weighted by molar-refractivity contribution is 0.0234. The first-order valence-corrected chi connectivity index (χ1v) is 5.58. The van der Waals surface area contributed by atoms with Gasteiger partial charge in [0.1, 0.15) is 0 Å². The van der Waals surface area contributed by atoms with Crippen molar-refractivity contribution in [2.75, 3.05) is 13.2 Å². The van der Waals surface area contributed by atoms with Crippen LogP contribution in [0.2, 0.25) is 0 Å². The van der Waals surface area contributed by atoms with Crippen molar-refractivity contribution in [2.45, 2.75) is 51.6 Å². The van der Waals surface area contributed by atoms with E-state index < -0.39 is 0 Å². The molecular weight excluding hydrogens is 164 g/mol. The summed E-state index contributed by atoms with van der Waals surface area (Å²) >= 11 is 0. The molecule has 0 aromatic carbocycles. The quantitative estimate of drug-likeness (QED) is 0.618. The smallest absolute Gasteiger partial charge is 0.0773 e. The Morgan fingerprint density at radius 2 is 2.23 bits per heavy atom. The summed E-state index contributed by atoms with van der Waals surface area (Å²) in [5.41, 5.74) is 0. The lowest BCUT2D eigenvalue weighted by Crippen LogP contribution is -2.18. The summed E-state index contributed by atoms with van der Waals surface area (Å²) in [4.78, 5) is 0. The van der Waals surface area contributed by atoms with Gasteiger partial charge in [0.05, 0.1) is 12.7 Å². The fraction of sp³-hybridized carbons (Fsp3) is 1.00. The van der Waals surface area contributed by atoms with Gasteiger partial charge in [-0.2, -0.15) is 0 Å². The molecule has 0 saturated heterocycles. The molecule has 0 radical (unpaired) electrons. The first-order chi connectivity index (χ1) is 6.33. The Morgan fingerprint density at radius 1 is 1.46 bits per heavy atom. The van der Waals surface area contributed by atoms with Crippen LogP contribution in [0.1, 0.15) is 45.4 Å². The second-order valence-corrected chi connectivity index (χ2v) is 4.10. The van der Waals surface area contributed by atoms with Crippen molar-refractivity contribution in [3.63, 3.8) is 0 Å². The van der Waals surface area contributed by atoms with Gasteiger partial charge in [0.15, 0.2) is 0 Å². The van der Waals surface area contributed by atoms with Crippen LogP contribution in [0.3, 0.4) is 0 Å². The third-order valence-corrected chi connectivity index (χ3v) is 2.83. The average molecular weight is 186 g/mol. The molecule has 1 atom stereocenters. The maximum absolute atomic E-state index is 9.36. The van der Waals surface area contributed by atoms with Crippen molar-refractivity contribution in [3.8, 4) is 0 Å². The largest absolute Gasteiger partial charge is 0.391 e. The highest BCUT2D eigenvalue weighted by Crippen LogP contribution is 2.29. The van der Waals surface area contributed by atoms with Crippen LogP contribution in [0.4, 0.5) is 0 Å². The van der Waals surface area contributed by atoms with Gasteiger partial charge in [-0.3, -0.25) is 0 Å². The predicted octanol–water partition coefficient (Wildman–Crippen LogP) is 2.35. The molecule has 1 aliphatic carbocycles. The van der Waals surface area contributed by atoms with Gasteiger partial charge in [-0.1, -0.05) is 32.6 Å². The monoisotopic (exact) mass is 186 g/mol. The Labute approximate surface area is 81.3 Å². The zero-order valence-electron chi connectivity index (χ0n) is 8.67. The number of rotatable bonds is 7. The molecule has 2 heteroatoms. The van der Waals surface area contributed by atoms with Crippen molar-refractivity contribution < 1.29 is 9.84 Å². The fourth-order valence-electron chi connectivity index (χ4n) is 1.67. The van der Waals surface area contributed by atoms with Gasteiger partial charge in [0.25, 0.3) is 0 Å². The van der Waals surface area contributed by atoms with Gasteiger partial charge in [-0.15, -0.1) is 0 Å². The Morgan fingerprint density at radius 3 is 2.77 bits per heavy atom. The Balaban J connectivity index is 1.82. The van der Waals surface area contributed by atoms with Crippen molar-refractivity contribution in [3.05, 3.63) is 0 Å². The van der Waals surface area contributed by atoms with E-state index in [0.29, 0.717) is 6.61 Å². The third-order valence-electron chi connectivity index (χ3n) is 2.83. The molecule has 0 bridgehead atoms. The van der Waals surface area contributed by atoms with Gasteiger partial charge in [0, 0.05) is 6.61 Å². The molecule has 0 spiro atoms. The van der Waals surface area contributed by atoms with Crippen LogP contribution in [0, 0.1) is 5.92 Å². The lowest BCUT2D eigenvalue weighted by Gasteiger charge is -2.25. The highest BCUT2D eigenvalue weighted by molar-refractivity contribution is 4.68. The van der Waals surface area contributed by atoms with E-state index in [-0.39, 0.29) is 6.10 Å². The Bertz CT molecular complexity index is 121. The van der Waals surface area contributed by atoms with Gasteiger partial charge >= 0.3 is 0 Å². The summed E-state index contributed by atoms with van der Waals surface area (Å²) in [6, 6.07) is 0. The molecular formula is C11H22O2. The van der Waals surface area contributed by atoms with E-state index in [2.05, 4.69) is 6.92 Å². The summed E-state index contributed by atoms with van der Waals surface area (Å²) in [6.07, 6.45) is 7.03. The van der Waals surface area contributed by atoms with E-state index in [1.54, 1.807) is 0 Å². The second kappa shape index (κ2) is 6.39. The van der Waals surface area contributed by atoms with E-state index in [9.17, 15) is 5.11 Å². The molecule has 1 fully saturated rings. The Kier molecular flexibility index (Phi) is 5.40.